The lowest BCUT2D eigenvalue weighted by Gasteiger charge is -1.97. The molecule has 2 rings (SSSR count). The van der Waals surface area contributed by atoms with Crippen LogP contribution in [-0.4, -0.2) is 16.1 Å². The maximum Gasteiger partial charge on any atom is 0.261 e. The number of rotatable bonds is 2. The van der Waals surface area contributed by atoms with Crippen molar-refractivity contribution in [2.75, 3.05) is 11.1 Å². The van der Waals surface area contributed by atoms with Gasteiger partial charge in [0.2, 0.25) is 10.3 Å². The SMILES string of the molecule is Nc1nnc(NC(=O)c2ccoc2Br)s1. The summed E-state index contributed by atoms with van der Waals surface area (Å²) in [6.45, 7) is 0. The van der Waals surface area contributed by atoms with E-state index in [1.54, 1.807) is 6.07 Å². The third-order valence-corrected chi connectivity index (χ3v) is 2.81. The fourth-order valence-corrected chi connectivity index (χ4v) is 1.83. The van der Waals surface area contributed by atoms with Gasteiger partial charge in [-0.2, -0.15) is 0 Å². The molecular weight excluding hydrogens is 284 g/mol. The lowest BCUT2D eigenvalue weighted by Crippen LogP contribution is -2.11. The van der Waals surface area contributed by atoms with E-state index in [9.17, 15) is 4.79 Å². The van der Waals surface area contributed by atoms with E-state index in [1.807, 2.05) is 0 Å². The Morgan fingerprint density at radius 3 is 2.93 bits per heavy atom. The van der Waals surface area contributed by atoms with Crippen LogP contribution in [0.3, 0.4) is 0 Å². The predicted octanol–water partition coefficient (Wildman–Crippen LogP) is 1.73. The summed E-state index contributed by atoms with van der Waals surface area (Å²) in [7, 11) is 0. The summed E-state index contributed by atoms with van der Waals surface area (Å²) in [4.78, 5) is 11.6. The van der Waals surface area contributed by atoms with Crippen LogP contribution in [0.15, 0.2) is 21.4 Å². The van der Waals surface area contributed by atoms with E-state index in [0.717, 1.165) is 11.3 Å². The summed E-state index contributed by atoms with van der Waals surface area (Å²) >= 11 is 4.20. The second-order valence-electron chi connectivity index (χ2n) is 2.51. The van der Waals surface area contributed by atoms with Crippen molar-refractivity contribution in [1.29, 1.82) is 0 Å². The van der Waals surface area contributed by atoms with Gasteiger partial charge in [0.15, 0.2) is 4.67 Å². The normalized spacial score (nSPS) is 10.2. The molecular formula is C7H5BrN4O2S. The maximum absolute atomic E-state index is 11.6. The molecule has 0 radical (unpaired) electrons. The number of furan rings is 1. The molecule has 2 heterocycles. The molecule has 1 amide bonds. The number of carbonyl (C=O) groups excluding carboxylic acids is 1. The van der Waals surface area contributed by atoms with Crippen molar-refractivity contribution in [2.45, 2.75) is 0 Å². The first-order valence-corrected chi connectivity index (χ1v) is 5.41. The topological polar surface area (TPSA) is 94.0 Å². The van der Waals surface area contributed by atoms with Crippen molar-refractivity contribution < 1.29 is 9.21 Å². The molecule has 0 aliphatic carbocycles. The van der Waals surface area contributed by atoms with Crippen molar-refractivity contribution >= 4 is 43.4 Å². The van der Waals surface area contributed by atoms with E-state index in [1.165, 1.54) is 6.26 Å². The molecule has 2 aromatic heterocycles. The van der Waals surface area contributed by atoms with Crippen LogP contribution in [0, 0.1) is 0 Å². The zero-order valence-corrected chi connectivity index (χ0v) is 9.63. The zero-order chi connectivity index (χ0) is 10.8. The molecule has 0 fully saturated rings. The van der Waals surface area contributed by atoms with Crippen LogP contribution < -0.4 is 11.1 Å². The molecule has 0 atom stereocenters. The third kappa shape index (κ3) is 2.16. The number of hydrogen-bond donors (Lipinski definition) is 2. The molecule has 8 heteroatoms. The maximum atomic E-state index is 11.6. The second-order valence-corrected chi connectivity index (χ2v) is 4.24. The van der Waals surface area contributed by atoms with E-state index in [-0.39, 0.29) is 5.91 Å². The number of carbonyl (C=O) groups is 1. The smallest absolute Gasteiger partial charge is 0.261 e. The van der Waals surface area contributed by atoms with Gasteiger partial charge in [0.05, 0.1) is 11.8 Å². The van der Waals surface area contributed by atoms with Gasteiger partial charge in [-0.25, -0.2) is 0 Å². The summed E-state index contributed by atoms with van der Waals surface area (Å²) in [6.07, 6.45) is 1.41. The predicted molar refractivity (Wildman–Crippen MR) is 58.7 cm³/mol. The summed E-state index contributed by atoms with van der Waals surface area (Å²) in [5.41, 5.74) is 5.76. The largest absolute Gasteiger partial charge is 0.457 e. The van der Waals surface area contributed by atoms with Gasteiger partial charge in [-0.1, -0.05) is 11.3 Å². The first kappa shape index (κ1) is 10.1. The molecule has 0 bridgehead atoms. The standard InChI is InChI=1S/C7H5BrN4O2S/c8-4-3(1-2-14-4)5(13)10-7-12-11-6(9)15-7/h1-2H,(H2,9,11)(H,10,12,13). The highest BCUT2D eigenvalue weighted by Crippen LogP contribution is 2.21. The first-order valence-electron chi connectivity index (χ1n) is 3.80. The number of nitrogens with one attached hydrogen (secondary N) is 1. The minimum absolute atomic E-state index is 0.302. The number of hydrogen-bond acceptors (Lipinski definition) is 6. The Labute approximate surface area is 96.6 Å². The number of amides is 1. The Morgan fingerprint density at radius 2 is 2.40 bits per heavy atom. The third-order valence-electron chi connectivity index (χ3n) is 1.52. The van der Waals surface area contributed by atoms with Crippen LogP contribution in [0.4, 0.5) is 10.3 Å². The molecule has 0 aromatic carbocycles. The molecule has 2 aromatic rings. The van der Waals surface area contributed by atoms with Crippen LogP contribution in [0.2, 0.25) is 0 Å². The van der Waals surface area contributed by atoms with Crippen molar-refractivity contribution in [3.63, 3.8) is 0 Å². The van der Waals surface area contributed by atoms with Crippen molar-refractivity contribution in [1.82, 2.24) is 10.2 Å². The highest BCUT2D eigenvalue weighted by atomic mass is 79.9. The number of halogens is 1. The van der Waals surface area contributed by atoms with Gasteiger partial charge in [0.25, 0.3) is 5.91 Å². The van der Waals surface area contributed by atoms with E-state index in [4.69, 9.17) is 10.2 Å². The van der Waals surface area contributed by atoms with Crippen molar-refractivity contribution in [3.8, 4) is 0 Å². The number of anilines is 2. The number of nitrogen functional groups attached to an aromatic ring is 1. The highest BCUT2D eigenvalue weighted by molar-refractivity contribution is 9.10. The van der Waals surface area contributed by atoms with Crippen LogP contribution in [0.1, 0.15) is 10.4 Å². The molecule has 0 saturated heterocycles. The van der Waals surface area contributed by atoms with Gasteiger partial charge in [-0.05, 0) is 22.0 Å². The van der Waals surface area contributed by atoms with Crippen LogP contribution in [0.25, 0.3) is 0 Å². The van der Waals surface area contributed by atoms with Gasteiger partial charge in [-0.3, -0.25) is 10.1 Å². The summed E-state index contributed by atoms with van der Waals surface area (Å²) in [5, 5.41) is 10.4. The van der Waals surface area contributed by atoms with Crippen LogP contribution in [-0.2, 0) is 0 Å². The molecule has 6 nitrogen and oxygen atoms in total. The Balaban J connectivity index is 2.14. The molecule has 78 valence electrons. The quantitative estimate of drug-likeness (QED) is 0.878. The minimum Gasteiger partial charge on any atom is -0.457 e. The van der Waals surface area contributed by atoms with Gasteiger partial charge < -0.3 is 10.2 Å². The van der Waals surface area contributed by atoms with Gasteiger partial charge in [0.1, 0.15) is 0 Å². The molecule has 0 saturated carbocycles. The second kappa shape index (κ2) is 3.99. The molecule has 3 N–H and O–H groups in total. The lowest BCUT2D eigenvalue weighted by molar-refractivity contribution is 0.102. The molecule has 0 unspecified atom stereocenters. The fourth-order valence-electron chi connectivity index (χ4n) is 0.905. The monoisotopic (exact) mass is 288 g/mol. The first-order chi connectivity index (χ1) is 7.16. The minimum atomic E-state index is -0.327. The van der Waals surface area contributed by atoms with E-state index >= 15 is 0 Å². The molecule has 15 heavy (non-hydrogen) atoms. The average Bonchev–Trinajstić information content (AvgIpc) is 2.75. The molecule has 0 aliphatic rings. The highest BCUT2D eigenvalue weighted by Gasteiger charge is 2.14. The van der Waals surface area contributed by atoms with Crippen LogP contribution in [0.5, 0.6) is 0 Å². The Morgan fingerprint density at radius 1 is 1.60 bits per heavy atom. The summed E-state index contributed by atoms with van der Waals surface area (Å²) in [6, 6.07) is 1.55. The van der Waals surface area contributed by atoms with Crippen molar-refractivity contribution in [3.05, 3.63) is 22.6 Å². The fraction of sp³-hybridized carbons (Fsp3) is 0. The Bertz CT molecular complexity index is 495. The van der Waals surface area contributed by atoms with Crippen LogP contribution >= 0.6 is 27.3 Å². The van der Waals surface area contributed by atoms with E-state index in [0.29, 0.717) is 20.5 Å². The average molecular weight is 289 g/mol. The van der Waals surface area contributed by atoms with Gasteiger partial charge >= 0.3 is 0 Å². The molecule has 0 spiro atoms. The Kier molecular flexibility index (Phi) is 2.69. The number of nitrogens with zero attached hydrogens (tertiary/aromatic N) is 2. The summed E-state index contributed by atoms with van der Waals surface area (Å²) in [5.74, 6) is -0.327. The van der Waals surface area contributed by atoms with Crippen molar-refractivity contribution in [2.24, 2.45) is 0 Å². The lowest BCUT2D eigenvalue weighted by atomic mass is 10.3. The number of aromatic nitrogens is 2. The van der Waals surface area contributed by atoms with Gasteiger partial charge in [-0.15, -0.1) is 10.2 Å². The summed E-state index contributed by atoms with van der Waals surface area (Å²) < 4.78 is 5.30. The molecule has 0 aliphatic heterocycles. The van der Waals surface area contributed by atoms with E-state index < -0.39 is 0 Å². The zero-order valence-electron chi connectivity index (χ0n) is 7.23. The van der Waals surface area contributed by atoms with Gasteiger partial charge in [0, 0.05) is 0 Å². The van der Waals surface area contributed by atoms with E-state index in [2.05, 4.69) is 31.4 Å². The Hall–Kier alpha value is -1.41. The number of nitrogens with two attached hydrogens (primary N) is 1.